The molecule has 0 spiro atoms. The number of hydrogen-bond donors (Lipinski definition) is 1. The number of amides is 1. The van der Waals surface area contributed by atoms with Gasteiger partial charge >= 0.3 is 0 Å². The van der Waals surface area contributed by atoms with Gasteiger partial charge in [-0.15, -0.1) is 0 Å². The molecule has 3 heterocycles. The zero-order chi connectivity index (χ0) is 14.8. The second-order valence-corrected chi connectivity index (χ2v) is 5.64. The maximum Gasteiger partial charge on any atom is 0.225 e. The van der Waals surface area contributed by atoms with Crippen LogP contribution in [0.25, 0.3) is 0 Å². The van der Waals surface area contributed by atoms with Crippen molar-refractivity contribution in [1.29, 1.82) is 0 Å². The quantitative estimate of drug-likeness (QED) is 0.935. The number of carbonyl (C=O) groups is 1. The molecule has 21 heavy (non-hydrogen) atoms. The van der Waals surface area contributed by atoms with Crippen LogP contribution in [0.3, 0.4) is 0 Å². The van der Waals surface area contributed by atoms with E-state index in [-0.39, 0.29) is 11.9 Å². The maximum absolute atomic E-state index is 12.5. The van der Waals surface area contributed by atoms with Gasteiger partial charge in [0, 0.05) is 43.3 Å². The average Bonchev–Trinajstić information content (AvgIpc) is 3.16. The summed E-state index contributed by atoms with van der Waals surface area (Å²) in [5.74, 6) is 1.09. The van der Waals surface area contributed by atoms with E-state index in [2.05, 4.69) is 15.1 Å². The minimum absolute atomic E-state index is 0.102. The van der Waals surface area contributed by atoms with Gasteiger partial charge in [-0.25, -0.2) is 4.98 Å². The lowest BCUT2D eigenvalue weighted by Crippen LogP contribution is -2.31. The minimum Gasteiger partial charge on any atom is -0.344 e. The SMILES string of the molecule is Cc1cnc([C@@H]2CCCN2C(=O)CCn2nccc2C)[nH]1. The van der Waals surface area contributed by atoms with Crippen molar-refractivity contribution < 1.29 is 4.79 Å². The number of aromatic amines is 1. The highest BCUT2D eigenvalue weighted by molar-refractivity contribution is 5.76. The summed E-state index contributed by atoms with van der Waals surface area (Å²) < 4.78 is 1.88. The molecule has 0 aromatic carbocycles. The topological polar surface area (TPSA) is 66.8 Å². The molecule has 6 nitrogen and oxygen atoms in total. The Hall–Kier alpha value is -2.11. The van der Waals surface area contributed by atoms with Gasteiger partial charge in [-0.2, -0.15) is 5.10 Å². The number of nitrogens with zero attached hydrogens (tertiary/aromatic N) is 4. The zero-order valence-electron chi connectivity index (χ0n) is 12.5. The van der Waals surface area contributed by atoms with Crippen LogP contribution in [0.15, 0.2) is 18.5 Å². The number of imidazole rings is 1. The standard InChI is InChI=1S/C15H21N5O/c1-11-10-16-15(18-11)13-4-3-8-19(13)14(21)6-9-20-12(2)5-7-17-20/h5,7,10,13H,3-4,6,8-9H2,1-2H3,(H,16,18)/t13-/m0/s1. The summed E-state index contributed by atoms with van der Waals surface area (Å²) in [5.41, 5.74) is 2.12. The number of likely N-dealkylation sites (tertiary alicyclic amines) is 1. The fraction of sp³-hybridized carbons (Fsp3) is 0.533. The van der Waals surface area contributed by atoms with Gasteiger partial charge in [0.15, 0.2) is 0 Å². The average molecular weight is 287 g/mol. The van der Waals surface area contributed by atoms with Crippen LogP contribution in [0, 0.1) is 13.8 Å². The number of aromatic nitrogens is 4. The van der Waals surface area contributed by atoms with Crippen molar-refractivity contribution in [2.75, 3.05) is 6.54 Å². The summed E-state index contributed by atoms with van der Waals surface area (Å²) in [4.78, 5) is 22.1. The van der Waals surface area contributed by atoms with E-state index in [0.29, 0.717) is 13.0 Å². The largest absolute Gasteiger partial charge is 0.344 e. The summed E-state index contributed by atoms with van der Waals surface area (Å²) >= 11 is 0. The normalized spacial score (nSPS) is 18.4. The molecule has 1 aliphatic heterocycles. The number of hydrogen-bond acceptors (Lipinski definition) is 3. The van der Waals surface area contributed by atoms with Gasteiger partial charge in [0.25, 0.3) is 0 Å². The second-order valence-electron chi connectivity index (χ2n) is 5.64. The molecule has 6 heteroatoms. The van der Waals surface area contributed by atoms with Gasteiger partial charge < -0.3 is 9.88 Å². The first-order valence-corrected chi connectivity index (χ1v) is 7.44. The van der Waals surface area contributed by atoms with Gasteiger partial charge in [-0.1, -0.05) is 0 Å². The molecule has 0 unspecified atom stereocenters. The Kier molecular flexibility index (Phi) is 3.77. The van der Waals surface area contributed by atoms with E-state index in [1.165, 1.54) is 0 Å². The van der Waals surface area contributed by atoms with Crippen molar-refractivity contribution in [3.8, 4) is 0 Å². The molecule has 0 saturated carbocycles. The molecule has 1 fully saturated rings. The summed E-state index contributed by atoms with van der Waals surface area (Å²) in [6.45, 7) is 5.44. The number of nitrogens with one attached hydrogen (secondary N) is 1. The lowest BCUT2D eigenvalue weighted by atomic mass is 10.2. The monoisotopic (exact) mass is 287 g/mol. The molecule has 2 aromatic heterocycles. The molecule has 112 valence electrons. The Bertz CT molecular complexity index is 630. The highest BCUT2D eigenvalue weighted by atomic mass is 16.2. The number of H-pyrrole nitrogens is 1. The van der Waals surface area contributed by atoms with Gasteiger partial charge in [0.2, 0.25) is 5.91 Å². The lowest BCUT2D eigenvalue weighted by molar-refractivity contribution is -0.132. The van der Waals surface area contributed by atoms with Crippen molar-refractivity contribution >= 4 is 5.91 Å². The molecule has 1 atom stereocenters. The molecular weight excluding hydrogens is 266 g/mol. The predicted octanol–water partition coefficient (Wildman–Crippen LogP) is 1.98. The van der Waals surface area contributed by atoms with Gasteiger partial charge in [0.1, 0.15) is 5.82 Å². The van der Waals surface area contributed by atoms with Crippen molar-refractivity contribution in [2.24, 2.45) is 0 Å². The fourth-order valence-corrected chi connectivity index (χ4v) is 2.93. The Morgan fingerprint density at radius 3 is 3.00 bits per heavy atom. The van der Waals surface area contributed by atoms with Crippen LogP contribution in [0.1, 0.15) is 42.5 Å². The van der Waals surface area contributed by atoms with Gasteiger partial charge in [0.05, 0.1) is 6.04 Å². The van der Waals surface area contributed by atoms with Crippen molar-refractivity contribution in [2.45, 2.75) is 45.7 Å². The fourth-order valence-electron chi connectivity index (χ4n) is 2.93. The molecule has 0 bridgehead atoms. The van der Waals surface area contributed by atoms with Crippen LogP contribution in [0.2, 0.25) is 0 Å². The minimum atomic E-state index is 0.102. The van der Waals surface area contributed by atoms with Crippen LogP contribution in [-0.2, 0) is 11.3 Å². The Morgan fingerprint density at radius 2 is 2.33 bits per heavy atom. The smallest absolute Gasteiger partial charge is 0.225 e. The second kappa shape index (κ2) is 5.71. The summed E-state index contributed by atoms with van der Waals surface area (Å²) in [6.07, 6.45) is 6.10. The van der Waals surface area contributed by atoms with E-state index in [0.717, 1.165) is 36.6 Å². The Balaban J connectivity index is 1.65. The zero-order valence-corrected chi connectivity index (χ0v) is 12.5. The third-order valence-electron chi connectivity index (χ3n) is 4.08. The van der Waals surface area contributed by atoms with Crippen molar-refractivity contribution in [3.05, 3.63) is 35.7 Å². The summed E-state index contributed by atoms with van der Waals surface area (Å²) in [5, 5.41) is 4.22. The molecule has 3 rings (SSSR count). The highest BCUT2D eigenvalue weighted by Crippen LogP contribution is 2.30. The van der Waals surface area contributed by atoms with Gasteiger partial charge in [-0.3, -0.25) is 9.48 Å². The molecule has 1 amide bonds. The van der Waals surface area contributed by atoms with Crippen LogP contribution in [-0.4, -0.2) is 37.1 Å². The van der Waals surface area contributed by atoms with Gasteiger partial charge in [-0.05, 0) is 32.8 Å². The molecular formula is C15H21N5O. The lowest BCUT2D eigenvalue weighted by Gasteiger charge is -2.23. The third-order valence-corrected chi connectivity index (χ3v) is 4.08. The number of carbonyl (C=O) groups excluding carboxylic acids is 1. The van der Waals surface area contributed by atoms with Crippen LogP contribution in [0.5, 0.6) is 0 Å². The molecule has 0 radical (unpaired) electrons. The van der Waals surface area contributed by atoms with E-state index in [9.17, 15) is 4.79 Å². The molecule has 1 aliphatic rings. The molecule has 1 saturated heterocycles. The molecule has 0 aliphatic carbocycles. The Morgan fingerprint density at radius 1 is 1.48 bits per heavy atom. The third kappa shape index (κ3) is 2.84. The van der Waals surface area contributed by atoms with Crippen LogP contribution < -0.4 is 0 Å². The van der Waals surface area contributed by atoms with E-state index < -0.39 is 0 Å². The van der Waals surface area contributed by atoms with Crippen LogP contribution in [0.4, 0.5) is 0 Å². The maximum atomic E-state index is 12.5. The first kappa shape index (κ1) is 13.9. The Labute approximate surface area is 124 Å². The first-order valence-electron chi connectivity index (χ1n) is 7.44. The van der Waals surface area contributed by atoms with E-state index in [1.54, 1.807) is 6.20 Å². The van der Waals surface area contributed by atoms with Crippen LogP contribution >= 0.6 is 0 Å². The molecule has 2 aromatic rings. The predicted molar refractivity (Wildman–Crippen MR) is 78.6 cm³/mol. The van der Waals surface area contributed by atoms with Crippen molar-refractivity contribution in [1.82, 2.24) is 24.6 Å². The van der Waals surface area contributed by atoms with E-state index in [1.807, 2.05) is 35.7 Å². The number of rotatable bonds is 4. The molecule has 1 N–H and O–H groups in total. The van der Waals surface area contributed by atoms with Crippen molar-refractivity contribution in [3.63, 3.8) is 0 Å². The van der Waals surface area contributed by atoms with E-state index in [4.69, 9.17) is 0 Å². The number of aryl methyl sites for hydroxylation is 3. The van der Waals surface area contributed by atoms with E-state index >= 15 is 0 Å². The summed E-state index contributed by atoms with van der Waals surface area (Å²) in [6, 6.07) is 2.05. The first-order chi connectivity index (χ1) is 10.1. The highest BCUT2D eigenvalue weighted by Gasteiger charge is 2.31. The summed E-state index contributed by atoms with van der Waals surface area (Å²) in [7, 11) is 0.